The topological polar surface area (TPSA) is 123 Å². The van der Waals surface area contributed by atoms with Crippen molar-refractivity contribution in [3.63, 3.8) is 0 Å². The number of oxazole rings is 1. The Labute approximate surface area is 181 Å². The number of imidazole rings is 1. The summed E-state index contributed by atoms with van der Waals surface area (Å²) in [5, 5.41) is 0. The van der Waals surface area contributed by atoms with Gasteiger partial charge in [0.25, 0.3) is 5.91 Å². The van der Waals surface area contributed by atoms with E-state index < -0.39 is 11.9 Å². The molecule has 0 saturated carbocycles. The normalized spacial score (nSPS) is 16.2. The first kappa shape index (κ1) is 19.7. The number of nitrogens with zero attached hydrogens (tertiary/aromatic N) is 4. The van der Waals surface area contributed by atoms with Crippen LogP contribution in [0.2, 0.25) is 0 Å². The van der Waals surface area contributed by atoms with E-state index in [2.05, 4.69) is 19.9 Å². The van der Waals surface area contributed by atoms with Gasteiger partial charge in [0.15, 0.2) is 11.6 Å². The molecule has 10 heteroatoms. The largest absolute Gasteiger partial charge is 0.495 e. The van der Waals surface area contributed by atoms with E-state index in [0.717, 1.165) is 5.69 Å². The summed E-state index contributed by atoms with van der Waals surface area (Å²) in [6, 6.07) is 6.75. The molecule has 1 aliphatic heterocycles. The van der Waals surface area contributed by atoms with Crippen molar-refractivity contribution in [3.8, 4) is 5.75 Å². The lowest BCUT2D eigenvalue weighted by Crippen LogP contribution is -2.41. The number of carbonyl (C=O) groups excluding carboxylic acids is 1. The van der Waals surface area contributed by atoms with Crippen LogP contribution in [0.25, 0.3) is 16.7 Å². The molecule has 0 fully saturated rings. The van der Waals surface area contributed by atoms with Crippen LogP contribution in [-0.2, 0) is 11.2 Å². The standard InChI is InChI=1S/C22H19FN6O3/c1-31-13-3-4-15(25-10-13)14(9-24)22(30)29-7-6-16-19(27-11-26-16)20(29)21-28-17-8-12(23)2-5-18(17)32-21/h2-5,8-11,20H,6-7,24H2,1H3,(H,26,27)/t20-/m0/s1. The monoisotopic (exact) mass is 434 g/mol. The zero-order valence-electron chi connectivity index (χ0n) is 17.1. The van der Waals surface area contributed by atoms with Crippen LogP contribution in [0.3, 0.4) is 0 Å². The minimum atomic E-state index is -0.707. The predicted molar refractivity (Wildman–Crippen MR) is 113 cm³/mol. The van der Waals surface area contributed by atoms with Crippen LogP contribution in [-0.4, -0.2) is 44.4 Å². The highest BCUT2D eigenvalue weighted by molar-refractivity contribution is 6.19. The van der Waals surface area contributed by atoms with Gasteiger partial charge >= 0.3 is 0 Å². The molecule has 0 radical (unpaired) electrons. The van der Waals surface area contributed by atoms with Gasteiger partial charge in [-0.3, -0.25) is 9.78 Å². The van der Waals surface area contributed by atoms with Gasteiger partial charge in [-0.2, -0.15) is 0 Å². The number of halogens is 1. The third-order valence-electron chi connectivity index (χ3n) is 5.43. The number of amides is 1. The lowest BCUT2D eigenvalue weighted by atomic mass is 10.0. The van der Waals surface area contributed by atoms with E-state index in [4.69, 9.17) is 14.9 Å². The molecule has 9 nitrogen and oxygen atoms in total. The maximum atomic E-state index is 13.7. The molecule has 3 N–H and O–H groups in total. The number of aromatic amines is 1. The first-order chi connectivity index (χ1) is 15.6. The smallest absolute Gasteiger partial charge is 0.258 e. The fraction of sp³-hybridized carbons (Fsp3) is 0.182. The summed E-state index contributed by atoms with van der Waals surface area (Å²) in [5.41, 5.74) is 8.75. The van der Waals surface area contributed by atoms with Gasteiger partial charge in [0, 0.05) is 30.9 Å². The number of ether oxygens (including phenoxy) is 1. The fourth-order valence-electron chi connectivity index (χ4n) is 3.86. The minimum absolute atomic E-state index is 0.221. The summed E-state index contributed by atoms with van der Waals surface area (Å²) >= 11 is 0. The number of pyridine rings is 1. The highest BCUT2D eigenvalue weighted by Crippen LogP contribution is 2.36. The van der Waals surface area contributed by atoms with Gasteiger partial charge in [-0.15, -0.1) is 0 Å². The van der Waals surface area contributed by atoms with Crippen LogP contribution in [0.5, 0.6) is 5.75 Å². The molecule has 0 unspecified atom stereocenters. The van der Waals surface area contributed by atoms with Crippen molar-refractivity contribution in [3.05, 3.63) is 77.8 Å². The van der Waals surface area contributed by atoms with Crippen LogP contribution in [0.1, 0.15) is 29.0 Å². The van der Waals surface area contributed by atoms with Crippen LogP contribution >= 0.6 is 0 Å². The molecule has 32 heavy (non-hydrogen) atoms. The van der Waals surface area contributed by atoms with Crippen molar-refractivity contribution in [1.82, 2.24) is 24.8 Å². The Morgan fingerprint density at radius 3 is 2.97 bits per heavy atom. The Hall–Kier alpha value is -4.21. The number of benzene rings is 1. The Morgan fingerprint density at radius 2 is 2.22 bits per heavy atom. The van der Waals surface area contributed by atoms with Crippen LogP contribution in [0, 0.1) is 5.82 Å². The van der Waals surface area contributed by atoms with E-state index in [1.807, 2.05) is 0 Å². The van der Waals surface area contributed by atoms with Gasteiger partial charge in [-0.05, 0) is 24.3 Å². The molecule has 1 aliphatic rings. The number of fused-ring (bicyclic) bond motifs is 2. The van der Waals surface area contributed by atoms with E-state index in [0.29, 0.717) is 41.2 Å². The van der Waals surface area contributed by atoms with Crippen molar-refractivity contribution in [1.29, 1.82) is 0 Å². The van der Waals surface area contributed by atoms with E-state index in [1.165, 1.54) is 37.7 Å². The number of hydrogen-bond donors (Lipinski definition) is 2. The molecular formula is C22H19FN6O3. The van der Waals surface area contributed by atoms with Crippen LogP contribution in [0.15, 0.2) is 53.5 Å². The molecule has 0 bridgehead atoms. The van der Waals surface area contributed by atoms with E-state index >= 15 is 0 Å². The minimum Gasteiger partial charge on any atom is -0.495 e. The molecule has 0 spiro atoms. The Kier molecular flexibility index (Phi) is 4.81. The number of aromatic nitrogens is 4. The lowest BCUT2D eigenvalue weighted by molar-refractivity contribution is -0.127. The summed E-state index contributed by atoms with van der Waals surface area (Å²) in [5.74, 6) is 0.0323. The Balaban J connectivity index is 1.57. The van der Waals surface area contributed by atoms with Crippen molar-refractivity contribution in [2.45, 2.75) is 12.5 Å². The molecule has 5 rings (SSSR count). The SMILES string of the molecule is COc1ccc(C(=CN)C(=O)N2CCc3[nH]cnc3[C@H]2c2nc3cc(F)ccc3o2)nc1. The molecule has 4 aromatic rings. The zero-order valence-corrected chi connectivity index (χ0v) is 17.1. The third-order valence-corrected chi connectivity index (χ3v) is 5.43. The van der Waals surface area contributed by atoms with Gasteiger partial charge in [-0.1, -0.05) is 0 Å². The van der Waals surface area contributed by atoms with E-state index in [1.54, 1.807) is 23.4 Å². The number of H-pyrrole nitrogens is 1. The van der Waals surface area contributed by atoms with Crippen LogP contribution < -0.4 is 10.5 Å². The quantitative estimate of drug-likeness (QED) is 0.473. The average Bonchev–Trinajstić information content (AvgIpc) is 3.45. The molecule has 162 valence electrons. The predicted octanol–water partition coefficient (Wildman–Crippen LogP) is 2.57. The highest BCUT2D eigenvalue weighted by atomic mass is 19.1. The summed E-state index contributed by atoms with van der Waals surface area (Å²) in [6.45, 7) is 0.374. The molecule has 1 aromatic carbocycles. The molecule has 0 saturated heterocycles. The molecular weight excluding hydrogens is 415 g/mol. The number of carbonyl (C=O) groups is 1. The summed E-state index contributed by atoms with van der Waals surface area (Å²) < 4.78 is 24.7. The first-order valence-electron chi connectivity index (χ1n) is 9.90. The Morgan fingerprint density at radius 1 is 1.34 bits per heavy atom. The van der Waals surface area contributed by atoms with Gasteiger partial charge in [-0.25, -0.2) is 14.4 Å². The highest BCUT2D eigenvalue weighted by Gasteiger charge is 2.38. The number of methoxy groups -OCH3 is 1. The lowest BCUT2D eigenvalue weighted by Gasteiger charge is -2.33. The summed E-state index contributed by atoms with van der Waals surface area (Å²) in [6.07, 6.45) is 4.88. The summed E-state index contributed by atoms with van der Waals surface area (Å²) in [4.78, 5) is 31.5. The maximum Gasteiger partial charge on any atom is 0.258 e. The van der Waals surface area contributed by atoms with E-state index in [-0.39, 0.29) is 17.4 Å². The molecule has 3 aromatic heterocycles. The van der Waals surface area contributed by atoms with E-state index in [9.17, 15) is 9.18 Å². The molecule has 4 heterocycles. The van der Waals surface area contributed by atoms with Crippen molar-refractivity contribution in [2.75, 3.05) is 13.7 Å². The second-order valence-electron chi connectivity index (χ2n) is 7.25. The molecule has 0 aliphatic carbocycles. The van der Waals surface area contributed by atoms with Crippen molar-refractivity contribution >= 4 is 22.6 Å². The molecule has 1 atom stereocenters. The van der Waals surface area contributed by atoms with Gasteiger partial charge in [0.2, 0.25) is 5.89 Å². The molecule has 1 amide bonds. The number of nitrogens with one attached hydrogen (secondary N) is 1. The second-order valence-corrected chi connectivity index (χ2v) is 7.25. The number of hydrogen-bond acceptors (Lipinski definition) is 7. The van der Waals surface area contributed by atoms with Gasteiger partial charge in [0.05, 0.1) is 36.6 Å². The first-order valence-corrected chi connectivity index (χ1v) is 9.90. The summed E-state index contributed by atoms with van der Waals surface area (Å²) in [7, 11) is 1.54. The number of rotatable bonds is 4. The maximum absolute atomic E-state index is 13.7. The van der Waals surface area contributed by atoms with Crippen LogP contribution in [0.4, 0.5) is 4.39 Å². The number of nitrogens with two attached hydrogens (primary N) is 1. The van der Waals surface area contributed by atoms with Gasteiger partial charge in [0.1, 0.15) is 17.1 Å². The second kappa shape index (κ2) is 7.80. The van der Waals surface area contributed by atoms with Crippen molar-refractivity contribution in [2.24, 2.45) is 5.73 Å². The van der Waals surface area contributed by atoms with Crippen molar-refractivity contribution < 1.29 is 18.3 Å². The Bertz CT molecular complexity index is 1330. The average molecular weight is 434 g/mol. The zero-order chi connectivity index (χ0) is 22.2. The fourth-order valence-corrected chi connectivity index (χ4v) is 3.86. The van der Waals surface area contributed by atoms with Gasteiger partial charge < -0.3 is 24.8 Å². The third kappa shape index (κ3) is 3.25.